The Kier molecular flexibility index (Phi) is 3.97. The number of aromatic nitrogens is 1. The van der Waals surface area contributed by atoms with Gasteiger partial charge in [0, 0.05) is 30.9 Å². The van der Waals surface area contributed by atoms with Crippen molar-refractivity contribution in [2.45, 2.75) is 38.1 Å². The van der Waals surface area contributed by atoms with Gasteiger partial charge in [0.25, 0.3) is 0 Å². The molecule has 2 aliphatic heterocycles. The lowest BCUT2D eigenvalue weighted by Crippen LogP contribution is -2.38. The van der Waals surface area contributed by atoms with Crippen LogP contribution in [0.3, 0.4) is 0 Å². The molecule has 1 saturated heterocycles. The lowest BCUT2D eigenvalue weighted by molar-refractivity contribution is -0.133. The predicted molar refractivity (Wildman–Crippen MR) is 92.1 cm³/mol. The van der Waals surface area contributed by atoms with Gasteiger partial charge < -0.3 is 9.47 Å². The van der Waals surface area contributed by atoms with Crippen molar-refractivity contribution in [2.24, 2.45) is 0 Å². The highest BCUT2D eigenvalue weighted by molar-refractivity contribution is 6.08. The van der Waals surface area contributed by atoms with Gasteiger partial charge in [0.15, 0.2) is 0 Å². The third-order valence-corrected chi connectivity index (χ3v) is 5.25. The summed E-state index contributed by atoms with van der Waals surface area (Å²) in [7, 11) is 0. The van der Waals surface area contributed by atoms with Crippen LogP contribution in [0.1, 0.15) is 53.3 Å². The minimum absolute atomic E-state index is 0.0351. The maximum absolute atomic E-state index is 12.8. The number of fused-ring (bicyclic) bond motifs is 1. The van der Waals surface area contributed by atoms with Crippen LogP contribution in [0.2, 0.25) is 0 Å². The van der Waals surface area contributed by atoms with E-state index < -0.39 is 0 Å². The van der Waals surface area contributed by atoms with Crippen LogP contribution in [0.15, 0.2) is 42.5 Å². The van der Waals surface area contributed by atoms with Crippen LogP contribution in [0.4, 0.5) is 0 Å². The molecule has 0 saturated carbocycles. The maximum atomic E-state index is 12.8. The third kappa shape index (κ3) is 2.56. The summed E-state index contributed by atoms with van der Waals surface area (Å²) in [6, 6.07) is 13.2. The Balaban J connectivity index is 1.58. The zero-order valence-corrected chi connectivity index (χ0v) is 13.8. The number of carbonyl (C=O) groups excluding carboxylic acids is 2. The number of carbonyl (C=O) groups is 2. The minimum Gasteiger partial charge on any atom is -0.342 e. The topological polar surface area (TPSA) is 42.3 Å². The molecule has 1 fully saturated rings. The third-order valence-electron chi connectivity index (χ3n) is 5.25. The van der Waals surface area contributed by atoms with E-state index in [0.717, 1.165) is 44.6 Å². The number of ketones is 1. The molecule has 0 spiro atoms. The molecule has 0 aliphatic carbocycles. The Morgan fingerprint density at radius 2 is 1.62 bits per heavy atom. The zero-order valence-electron chi connectivity index (χ0n) is 13.8. The highest BCUT2D eigenvalue weighted by atomic mass is 16.2. The fourth-order valence-corrected chi connectivity index (χ4v) is 3.96. The molecule has 1 aromatic carbocycles. The van der Waals surface area contributed by atoms with Crippen LogP contribution in [0, 0.1) is 0 Å². The lowest BCUT2D eigenvalue weighted by Gasteiger charge is -2.29. The number of nitrogens with zero attached hydrogens (tertiary/aromatic N) is 2. The summed E-state index contributed by atoms with van der Waals surface area (Å²) in [6.07, 6.45) is 4.25. The molecule has 0 N–H and O–H groups in total. The molecule has 1 amide bonds. The van der Waals surface area contributed by atoms with Crippen molar-refractivity contribution in [3.63, 3.8) is 0 Å². The van der Waals surface area contributed by atoms with Crippen LogP contribution in [0.25, 0.3) is 0 Å². The van der Waals surface area contributed by atoms with Gasteiger partial charge in [-0.3, -0.25) is 9.59 Å². The average Bonchev–Trinajstić information content (AvgIpc) is 3.24. The lowest BCUT2D eigenvalue weighted by atomic mass is 10.0. The summed E-state index contributed by atoms with van der Waals surface area (Å²) in [5.41, 5.74) is 2.40. The Labute approximate surface area is 142 Å². The number of likely N-dealkylation sites (tertiary alicyclic amines) is 1. The van der Waals surface area contributed by atoms with Crippen molar-refractivity contribution >= 4 is 11.7 Å². The van der Waals surface area contributed by atoms with Crippen molar-refractivity contribution < 1.29 is 9.59 Å². The highest BCUT2D eigenvalue weighted by Crippen LogP contribution is 2.33. The Bertz CT molecular complexity index is 757. The maximum Gasteiger partial charge on any atom is 0.231 e. The van der Waals surface area contributed by atoms with E-state index in [-0.39, 0.29) is 17.6 Å². The molecule has 2 aromatic rings. The minimum atomic E-state index is -0.0829. The molecule has 1 aromatic heterocycles. The van der Waals surface area contributed by atoms with Gasteiger partial charge in [0.2, 0.25) is 11.7 Å². The summed E-state index contributed by atoms with van der Waals surface area (Å²) < 4.78 is 2.04. The van der Waals surface area contributed by atoms with Crippen molar-refractivity contribution in [1.82, 2.24) is 9.47 Å². The first kappa shape index (κ1) is 15.2. The second-order valence-electron chi connectivity index (χ2n) is 6.72. The molecule has 4 heteroatoms. The van der Waals surface area contributed by atoms with Crippen LogP contribution in [-0.4, -0.2) is 34.2 Å². The molecule has 4 nitrogen and oxygen atoms in total. The smallest absolute Gasteiger partial charge is 0.231 e. The van der Waals surface area contributed by atoms with Crippen molar-refractivity contribution in [2.75, 3.05) is 13.1 Å². The normalized spacial score (nSPS) is 20.0. The fourth-order valence-electron chi connectivity index (χ4n) is 3.96. The summed E-state index contributed by atoms with van der Waals surface area (Å²) in [5.74, 6) is 0.193. The highest BCUT2D eigenvalue weighted by Gasteiger charge is 2.34. The van der Waals surface area contributed by atoms with E-state index in [1.807, 2.05) is 51.9 Å². The number of piperidine rings is 1. The summed E-state index contributed by atoms with van der Waals surface area (Å²) in [5, 5.41) is 0. The van der Waals surface area contributed by atoms with Crippen LogP contribution in [-0.2, 0) is 11.3 Å². The molecule has 4 rings (SSSR count). The second kappa shape index (κ2) is 6.27. The summed E-state index contributed by atoms with van der Waals surface area (Å²) in [4.78, 5) is 27.6. The van der Waals surface area contributed by atoms with E-state index in [2.05, 4.69) is 0 Å². The molecular formula is C20H22N2O2. The van der Waals surface area contributed by atoms with Gasteiger partial charge >= 0.3 is 0 Å². The van der Waals surface area contributed by atoms with E-state index in [0.29, 0.717) is 11.3 Å². The number of hydrogen-bond donors (Lipinski definition) is 0. The van der Waals surface area contributed by atoms with E-state index in [4.69, 9.17) is 0 Å². The fraction of sp³-hybridized carbons (Fsp3) is 0.400. The van der Waals surface area contributed by atoms with Gasteiger partial charge in [0.1, 0.15) is 0 Å². The van der Waals surface area contributed by atoms with Gasteiger partial charge in [-0.05, 0) is 37.8 Å². The van der Waals surface area contributed by atoms with E-state index in [9.17, 15) is 9.59 Å². The van der Waals surface area contributed by atoms with Gasteiger partial charge in [-0.25, -0.2) is 0 Å². The second-order valence-corrected chi connectivity index (χ2v) is 6.72. The van der Waals surface area contributed by atoms with Crippen molar-refractivity contribution in [3.05, 3.63) is 59.4 Å². The molecule has 0 bridgehead atoms. The zero-order chi connectivity index (χ0) is 16.5. The van der Waals surface area contributed by atoms with Gasteiger partial charge in [-0.15, -0.1) is 0 Å². The van der Waals surface area contributed by atoms with Crippen molar-refractivity contribution in [1.29, 1.82) is 0 Å². The Morgan fingerprint density at radius 3 is 2.38 bits per heavy atom. The molecule has 0 radical (unpaired) electrons. The molecule has 1 atom stereocenters. The van der Waals surface area contributed by atoms with Crippen LogP contribution < -0.4 is 0 Å². The number of amides is 1. The molecular weight excluding hydrogens is 300 g/mol. The van der Waals surface area contributed by atoms with E-state index in [1.54, 1.807) is 0 Å². The number of benzene rings is 1. The van der Waals surface area contributed by atoms with Gasteiger partial charge in [-0.2, -0.15) is 0 Å². The Morgan fingerprint density at radius 1 is 0.875 bits per heavy atom. The number of rotatable bonds is 3. The van der Waals surface area contributed by atoms with E-state index in [1.165, 1.54) is 6.42 Å². The quantitative estimate of drug-likeness (QED) is 0.814. The SMILES string of the molecule is O=C(c1ccccc1)c1ccc2n1CCC2C(=O)N1CCCCC1. The standard InChI is InChI=1S/C20H22N2O2/c23-19(15-7-3-1-4-8-15)18-10-9-17-16(11-14-22(17)18)20(24)21-12-5-2-6-13-21/h1,3-4,7-10,16H,2,5-6,11-14H2. The molecule has 24 heavy (non-hydrogen) atoms. The number of hydrogen-bond acceptors (Lipinski definition) is 2. The first-order valence-electron chi connectivity index (χ1n) is 8.83. The first-order valence-corrected chi connectivity index (χ1v) is 8.83. The molecule has 3 heterocycles. The van der Waals surface area contributed by atoms with Gasteiger partial charge in [-0.1, -0.05) is 30.3 Å². The first-order chi connectivity index (χ1) is 11.8. The molecule has 124 valence electrons. The predicted octanol–water partition coefficient (Wildman–Crippen LogP) is 3.22. The summed E-state index contributed by atoms with van der Waals surface area (Å²) >= 11 is 0. The Hall–Kier alpha value is -2.36. The largest absolute Gasteiger partial charge is 0.342 e. The van der Waals surface area contributed by atoms with Gasteiger partial charge in [0.05, 0.1) is 11.6 Å². The van der Waals surface area contributed by atoms with Crippen LogP contribution in [0.5, 0.6) is 0 Å². The molecule has 2 aliphatic rings. The average molecular weight is 322 g/mol. The monoisotopic (exact) mass is 322 g/mol. The summed E-state index contributed by atoms with van der Waals surface area (Å²) in [6.45, 7) is 2.51. The molecule has 1 unspecified atom stereocenters. The van der Waals surface area contributed by atoms with Crippen molar-refractivity contribution in [3.8, 4) is 0 Å². The van der Waals surface area contributed by atoms with Crippen LogP contribution >= 0.6 is 0 Å². The van der Waals surface area contributed by atoms with E-state index >= 15 is 0 Å².